The summed E-state index contributed by atoms with van der Waals surface area (Å²) in [5.41, 5.74) is 3.30. The molecule has 110 valence electrons. The van der Waals surface area contributed by atoms with Crippen molar-refractivity contribution in [2.24, 2.45) is 5.41 Å². The van der Waals surface area contributed by atoms with Crippen LogP contribution in [0.3, 0.4) is 0 Å². The first-order valence-corrected chi connectivity index (χ1v) is 6.69. The van der Waals surface area contributed by atoms with E-state index in [1.807, 2.05) is 46.8 Å². The number of esters is 1. The van der Waals surface area contributed by atoms with Gasteiger partial charge in [0.1, 0.15) is 12.8 Å². The van der Waals surface area contributed by atoms with Crippen molar-refractivity contribution < 1.29 is 14.3 Å². The van der Waals surface area contributed by atoms with Gasteiger partial charge in [0.15, 0.2) is 0 Å². The molecule has 0 radical (unpaired) electrons. The van der Waals surface area contributed by atoms with E-state index in [0.29, 0.717) is 12.2 Å². The number of carbonyl (C=O) groups is 2. The van der Waals surface area contributed by atoms with E-state index >= 15 is 0 Å². The summed E-state index contributed by atoms with van der Waals surface area (Å²) in [6, 6.07) is 3.68. The minimum absolute atomic E-state index is 0.0340. The third-order valence-corrected chi connectivity index (χ3v) is 2.83. The molecule has 20 heavy (non-hydrogen) atoms. The van der Waals surface area contributed by atoms with Crippen molar-refractivity contribution >= 4 is 17.9 Å². The average Bonchev–Trinajstić information content (AvgIpc) is 2.36. The van der Waals surface area contributed by atoms with Gasteiger partial charge in [-0.05, 0) is 42.5 Å². The number of rotatable bonds is 5. The molecule has 0 amide bonds. The van der Waals surface area contributed by atoms with Gasteiger partial charge in [0.25, 0.3) is 0 Å². The molecule has 0 bridgehead atoms. The van der Waals surface area contributed by atoms with Gasteiger partial charge in [-0.2, -0.15) is 0 Å². The molecule has 0 spiro atoms. The van der Waals surface area contributed by atoms with Crippen molar-refractivity contribution in [1.82, 2.24) is 0 Å². The Morgan fingerprint density at radius 3 is 2.45 bits per heavy atom. The molecule has 4 heteroatoms. The van der Waals surface area contributed by atoms with Crippen LogP contribution in [0.2, 0.25) is 0 Å². The Hall–Kier alpha value is -1.84. The first kappa shape index (κ1) is 16.2. The number of hydrogen-bond donors (Lipinski definition) is 1. The Balaban J connectivity index is 2.60. The molecule has 0 saturated carbocycles. The van der Waals surface area contributed by atoms with E-state index in [2.05, 4.69) is 5.32 Å². The Bertz CT molecular complexity index is 501. The number of ether oxygens (including phenoxy) is 1. The quantitative estimate of drug-likeness (QED) is 0.663. The van der Waals surface area contributed by atoms with Crippen molar-refractivity contribution in [3.05, 3.63) is 28.8 Å². The number of nitrogens with one attached hydrogen (secondary N) is 1. The van der Waals surface area contributed by atoms with Crippen LogP contribution in [0.25, 0.3) is 0 Å². The highest BCUT2D eigenvalue weighted by atomic mass is 16.5. The van der Waals surface area contributed by atoms with E-state index < -0.39 is 0 Å². The second-order valence-electron chi connectivity index (χ2n) is 6.22. The maximum atomic E-state index is 11.6. The third-order valence-electron chi connectivity index (χ3n) is 2.83. The lowest BCUT2D eigenvalue weighted by Crippen LogP contribution is -2.23. The molecule has 0 atom stereocenters. The van der Waals surface area contributed by atoms with Gasteiger partial charge >= 0.3 is 5.97 Å². The van der Waals surface area contributed by atoms with Crippen LogP contribution in [-0.4, -0.2) is 25.4 Å². The molecular weight excluding hydrogens is 254 g/mol. The van der Waals surface area contributed by atoms with Crippen molar-refractivity contribution in [3.8, 4) is 0 Å². The van der Waals surface area contributed by atoms with Crippen LogP contribution in [0.4, 0.5) is 5.69 Å². The van der Waals surface area contributed by atoms with Gasteiger partial charge in [-0.3, -0.25) is 9.59 Å². The Kier molecular flexibility index (Phi) is 5.31. The maximum absolute atomic E-state index is 11.6. The lowest BCUT2D eigenvalue weighted by Gasteiger charge is -2.18. The minimum atomic E-state index is -0.281. The number of benzene rings is 1. The maximum Gasteiger partial charge on any atom is 0.325 e. The molecule has 0 aliphatic rings. The molecule has 0 unspecified atom stereocenters. The summed E-state index contributed by atoms with van der Waals surface area (Å²) >= 11 is 0. The fourth-order valence-electron chi connectivity index (χ4n) is 1.67. The molecular formula is C16H23NO3. The topological polar surface area (TPSA) is 55.4 Å². The number of anilines is 1. The predicted molar refractivity (Wildman–Crippen MR) is 80.2 cm³/mol. The first-order chi connectivity index (χ1) is 9.23. The molecule has 1 aromatic carbocycles. The third kappa shape index (κ3) is 5.03. The summed E-state index contributed by atoms with van der Waals surface area (Å²) < 4.78 is 5.19. The Morgan fingerprint density at radius 1 is 1.25 bits per heavy atom. The fourth-order valence-corrected chi connectivity index (χ4v) is 1.67. The van der Waals surface area contributed by atoms with Crippen LogP contribution in [0.1, 0.15) is 42.3 Å². The predicted octanol–water partition coefficient (Wildman–Crippen LogP) is 3.12. The molecule has 1 aromatic rings. The van der Waals surface area contributed by atoms with E-state index in [-0.39, 0.29) is 17.9 Å². The summed E-state index contributed by atoms with van der Waals surface area (Å²) in [5, 5.41) is 3.05. The molecule has 0 aromatic heterocycles. The second kappa shape index (κ2) is 6.55. The lowest BCUT2D eigenvalue weighted by atomic mass is 9.99. The highest BCUT2D eigenvalue weighted by molar-refractivity contribution is 5.80. The zero-order chi connectivity index (χ0) is 15.3. The normalized spacial score (nSPS) is 11.1. The SMILES string of the molecule is Cc1cc(NCC(=O)OCC(C)(C)C)c(C)cc1C=O. The van der Waals surface area contributed by atoms with Gasteiger partial charge in [-0.1, -0.05) is 20.8 Å². The molecule has 1 rings (SSSR count). The number of carbonyl (C=O) groups excluding carboxylic acids is 2. The molecule has 1 N–H and O–H groups in total. The Morgan fingerprint density at radius 2 is 1.90 bits per heavy atom. The summed E-state index contributed by atoms with van der Waals surface area (Å²) in [6.45, 7) is 10.3. The monoisotopic (exact) mass is 277 g/mol. The average molecular weight is 277 g/mol. The van der Waals surface area contributed by atoms with E-state index in [1.165, 1.54) is 0 Å². The van der Waals surface area contributed by atoms with Crippen LogP contribution in [-0.2, 0) is 9.53 Å². The highest BCUT2D eigenvalue weighted by Gasteiger charge is 2.14. The number of aldehydes is 1. The number of hydrogen-bond acceptors (Lipinski definition) is 4. The Labute approximate surface area is 120 Å². The van der Waals surface area contributed by atoms with Gasteiger partial charge in [0, 0.05) is 11.3 Å². The zero-order valence-electron chi connectivity index (χ0n) is 12.9. The zero-order valence-corrected chi connectivity index (χ0v) is 12.9. The number of aryl methyl sites for hydroxylation is 2. The van der Waals surface area contributed by atoms with Crippen LogP contribution < -0.4 is 5.32 Å². The van der Waals surface area contributed by atoms with Gasteiger partial charge in [-0.15, -0.1) is 0 Å². The summed E-state index contributed by atoms with van der Waals surface area (Å²) in [7, 11) is 0. The van der Waals surface area contributed by atoms with E-state index in [1.54, 1.807) is 0 Å². The van der Waals surface area contributed by atoms with E-state index in [9.17, 15) is 9.59 Å². The van der Waals surface area contributed by atoms with Crippen molar-refractivity contribution in [2.45, 2.75) is 34.6 Å². The van der Waals surface area contributed by atoms with Crippen molar-refractivity contribution in [1.29, 1.82) is 0 Å². The molecule has 4 nitrogen and oxygen atoms in total. The van der Waals surface area contributed by atoms with Crippen LogP contribution >= 0.6 is 0 Å². The van der Waals surface area contributed by atoms with Gasteiger partial charge in [0.2, 0.25) is 0 Å². The fraction of sp³-hybridized carbons (Fsp3) is 0.500. The van der Waals surface area contributed by atoms with E-state index in [0.717, 1.165) is 23.1 Å². The molecule has 0 saturated heterocycles. The molecule has 0 fully saturated rings. The lowest BCUT2D eigenvalue weighted by molar-refractivity contribution is -0.144. The summed E-state index contributed by atoms with van der Waals surface area (Å²) in [5.74, 6) is -0.281. The van der Waals surface area contributed by atoms with Crippen LogP contribution in [0.15, 0.2) is 12.1 Å². The van der Waals surface area contributed by atoms with Crippen LogP contribution in [0, 0.1) is 19.3 Å². The minimum Gasteiger partial charge on any atom is -0.464 e. The van der Waals surface area contributed by atoms with Crippen LogP contribution in [0.5, 0.6) is 0 Å². The first-order valence-electron chi connectivity index (χ1n) is 6.69. The van der Waals surface area contributed by atoms with E-state index in [4.69, 9.17) is 4.74 Å². The molecule has 0 aliphatic carbocycles. The smallest absolute Gasteiger partial charge is 0.325 e. The summed E-state index contributed by atoms with van der Waals surface area (Å²) in [6.07, 6.45) is 0.837. The van der Waals surface area contributed by atoms with Crippen molar-refractivity contribution in [3.63, 3.8) is 0 Å². The largest absolute Gasteiger partial charge is 0.464 e. The van der Waals surface area contributed by atoms with Gasteiger partial charge in [-0.25, -0.2) is 0 Å². The van der Waals surface area contributed by atoms with Crippen molar-refractivity contribution in [2.75, 3.05) is 18.5 Å². The summed E-state index contributed by atoms with van der Waals surface area (Å²) in [4.78, 5) is 22.5. The molecule has 0 heterocycles. The standard InChI is InChI=1S/C16H23NO3/c1-11-7-14(12(2)6-13(11)9-18)17-8-15(19)20-10-16(3,4)5/h6-7,9,17H,8,10H2,1-5H3. The van der Waals surface area contributed by atoms with Gasteiger partial charge < -0.3 is 10.1 Å². The van der Waals surface area contributed by atoms with Gasteiger partial charge in [0.05, 0.1) is 6.61 Å². The highest BCUT2D eigenvalue weighted by Crippen LogP contribution is 2.19. The molecule has 0 aliphatic heterocycles. The second-order valence-corrected chi connectivity index (χ2v) is 6.22.